The largest absolute Gasteiger partial charge is 0.399 e. The zero-order valence-electron chi connectivity index (χ0n) is 6.13. The van der Waals surface area contributed by atoms with E-state index in [0.717, 1.165) is 18.8 Å². The van der Waals surface area contributed by atoms with Gasteiger partial charge in [-0.15, -0.1) is 0 Å². The average molecular weight is 143 g/mol. The minimum Gasteiger partial charge on any atom is -0.399 e. The SMILES string of the molecule is CON=C1CNC[C@H]1CN. The Morgan fingerprint density at radius 3 is 3.30 bits per heavy atom. The molecule has 0 aliphatic carbocycles. The molecule has 0 saturated carbocycles. The highest BCUT2D eigenvalue weighted by molar-refractivity contribution is 5.90. The van der Waals surface area contributed by atoms with Crippen molar-refractivity contribution >= 4 is 5.71 Å². The molecule has 0 amide bonds. The fourth-order valence-electron chi connectivity index (χ4n) is 1.08. The number of hydrogen-bond acceptors (Lipinski definition) is 4. The van der Waals surface area contributed by atoms with Crippen molar-refractivity contribution in [1.82, 2.24) is 5.32 Å². The summed E-state index contributed by atoms with van der Waals surface area (Å²) in [6.45, 7) is 2.39. The number of nitrogens with zero attached hydrogens (tertiary/aromatic N) is 1. The Labute approximate surface area is 60.4 Å². The third-order valence-electron chi connectivity index (χ3n) is 1.66. The van der Waals surface area contributed by atoms with Crippen LogP contribution in [0.15, 0.2) is 5.16 Å². The van der Waals surface area contributed by atoms with Gasteiger partial charge in [-0.2, -0.15) is 0 Å². The lowest BCUT2D eigenvalue weighted by Gasteiger charge is -2.03. The van der Waals surface area contributed by atoms with Crippen LogP contribution in [0, 0.1) is 5.92 Å². The van der Waals surface area contributed by atoms with Crippen LogP contribution in [0.5, 0.6) is 0 Å². The molecule has 1 saturated heterocycles. The molecule has 0 spiro atoms. The minimum absolute atomic E-state index is 0.375. The second kappa shape index (κ2) is 3.53. The van der Waals surface area contributed by atoms with Crippen LogP contribution in [0.1, 0.15) is 0 Å². The van der Waals surface area contributed by atoms with Gasteiger partial charge in [0, 0.05) is 25.6 Å². The van der Waals surface area contributed by atoms with E-state index in [0.29, 0.717) is 12.5 Å². The summed E-state index contributed by atoms with van der Waals surface area (Å²) in [6, 6.07) is 0. The standard InChI is InChI=1S/C6H13N3O/c1-10-9-6-4-8-3-5(6)2-7/h5,8H,2-4,7H2,1H3/t5-/m1/s1. The molecule has 0 unspecified atom stereocenters. The van der Waals surface area contributed by atoms with Crippen molar-refractivity contribution in [3.05, 3.63) is 0 Å². The monoisotopic (exact) mass is 143 g/mol. The average Bonchev–Trinajstić information content (AvgIpc) is 2.36. The Morgan fingerprint density at radius 2 is 2.70 bits per heavy atom. The minimum atomic E-state index is 0.375. The first-order valence-corrected chi connectivity index (χ1v) is 3.39. The van der Waals surface area contributed by atoms with Crippen LogP contribution in [-0.2, 0) is 4.84 Å². The summed E-state index contributed by atoms with van der Waals surface area (Å²) in [6.07, 6.45) is 0. The molecule has 0 aromatic carbocycles. The molecule has 0 bridgehead atoms. The topological polar surface area (TPSA) is 59.6 Å². The van der Waals surface area contributed by atoms with Crippen LogP contribution < -0.4 is 11.1 Å². The molecule has 1 aliphatic heterocycles. The second-order valence-electron chi connectivity index (χ2n) is 2.33. The Balaban J connectivity index is 2.49. The van der Waals surface area contributed by atoms with Crippen molar-refractivity contribution in [2.75, 3.05) is 26.7 Å². The lowest BCUT2D eigenvalue weighted by atomic mass is 10.1. The molecular weight excluding hydrogens is 130 g/mol. The zero-order chi connectivity index (χ0) is 7.40. The number of nitrogens with two attached hydrogens (primary N) is 1. The lowest BCUT2D eigenvalue weighted by molar-refractivity contribution is 0.211. The Morgan fingerprint density at radius 1 is 1.90 bits per heavy atom. The smallest absolute Gasteiger partial charge is 0.106 e. The van der Waals surface area contributed by atoms with Gasteiger partial charge < -0.3 is 15.9 Å². The van der Waals surface area contributed by atoms with E-state index in [4.69, 9.17) is 5.73 Å². The van der Waals surface area contributed by atoms with Crippen LogP contribution in [0.4, 0.5) is 0 Å². The van der Waals surface area contributed by atoms with Gasteiger partial charge in [0.1, 0.15) is 7.11 Å². The molecule has 1 fully saturated rings. The second-order valence-corrected chi connectivity index (χ2v) is 2.33. The van der Waals surface area contributed by atoms with Gasteiger partial charge in [0.2, 0.25) is 0 Å². The predicted octanol–water partition coefficient (Wildman–Crippen LogP) is -0.833. The van der Waals surface area contributed by atoms with Crippen LogP contribution >= 0.6 is 0 Å². The summed E-state index contributed by atoms with van der Waals surface area (Å²) < 4.78 is 0. The van der Waals surface area contributed by atoms with Gasteiger partial charge in [0.15, 0.2) is 0 Å². The summed E-state index contributed by atoms with van der Waals surface area (Å²) >= 11 is 0. The highest BCUT2D eigenvalue weighted by atomic mass is 16.6. The van der Waals surface area contributed by atoms with Crippen molar-refractivity contribution in [1.29, 1.82) is 0 Å². The lowest BCUT2D eigenvalue weighted by Crippen LogP contribution is -2.22. The van der Waals surface area contributed by atoms with Gasteiger partial charge in [-0.05, 0) is 0 Å². The van der Waals surface area contributed by atoms with Crippen LogP contribution in [0.2, 0.25) is 0 Å². The summed E-state index contributed by atoms with van der Waals surface area (Å²) in [7, 11) is 1.55. The molecule has 4 heteroatoms. The van der Waals surface area contributed by atoms with E-state index in [1.807, 2.05) is 0 Å². The van der Waals surface area contributed by atoms with Gasteiger partial charge in [0.05, 0.1) is 5.71 Å². The first kappa shape index (κ1) is 7.50. The summed E-state index contributed by atoms with van der Waals surface area (Å²) in [5, 5.41) is 7.02. The summed E-state index contributed by atoms with van der Waals surface area (Å²) in [4.78, 5) is 4.65. The number of hydrogen-bond donors (Lipinski definition) is 2. The van der Waals surface area contributed by atoms with Crippen molar-refractivity contribution in [3.8, 4) is 0 Å². The molecule has 1 aliphatic rings. The molecule has 0 aromatic heterocycles. The summed E-state index contributed by atoms with van der Waals surface area (Å²) in [5.74, 6) is 0.375. The van der Waals surface area contributed by atoms with Crippen molar-refractivity contribution in [2.24, 2.45) is 16.8 Å². The fraction of sp³-hybridized carbons (Fsp3) is 0.833. The fourth-order valence-corrected chi connectivity index (χ4v) is 1.08. The quantitative estimate of drug-likeness (QED) is 0.496. The molecule has 10 heavy (non-hydrogen) atoms. The Kier molecular flexibility index (Phi) is 2.65. The highest BCUT2D eigenvalue weighted by Crippen LogP contribution is 2.02. The maximum Gasteiger partial charge on any atom is 0.106 e. The maximum atomic E-state index is 5.48. The molecule has 4 nitrogen and oxygen atoms in total. The molecule has 1 heterocycles. The van der Waals surface area contributed by atoms with E-state index in [1.165, 1.54) is 0 Å². The van der Waals surface area contributed by atoms with Gasteiger partial charge in [0.25, 0.3) is 0 Å². The van der Waals surface area contributed by atoms with Crippen molar-refractivity contribution in [3.63, 3.8) is 0 Å². The van der Waals surface area contributed by atoms with Gasteiger partial charge >= 0.3 is 0 Å². The van der Waals surface area contributed by atoms with E-state index in [1.54, 1.807) is 7.11 Å². The number of rotatable bonds is 2. The van der Waals surface area contributed by atoms with E-state index < -0.39 is 0 Å². The van der Waals surface area contributed by atoms with E-state index in [2.05, 4.69) is 15.3 Å². The molecule has 1 atom stereocenters. The van der Waals surface area contributed by atoms with Crippen LogP contribution in [-0.4, -0.2) is 32.5 Å². The van der Waals surface area contributed by atoms with Crippen LogP contribution in [0.3, 0.4) is 0 Å². The molecular formula is C6H13N3O. The van der Waals surface area contributed by atoms with Crippen molar-refractivity contribution < 1.29 is 4.84 Å². The normalized spacial score (nSPS) is 29.4. The molecule has 0 radical (unpaired) electrons. The zero-order valence-corrected chi connectivity index (χ0v) is 6.13. The third-order valence-corrected chi connectivity index (χ3v) is 1.66. The van der Waals surface area contributed by atoms with Gasteiger partial charge in [-0.1, -0.05) is 5.16 Å². The first-order valence-electron chi connectivity index (χ1n) is 3.39. The first-order chi connectivity index (χ1) is 4.88. The van der Waals surface area contributed by atoms with Crippen molar-refractivity contribution in [2.45, 2.75) is 0 Å². The molecule has 1 rings (SSSR count). The maximum absolute atomic E-state index is 5.48. The molecule has 0 aromatic rings. The van der Waals surface area contributed by atoms with E-state index in [-0.39, 0.29) is 0 Å². The molecule has 58 valence electrons. The van der Waals surface area contributed by atoms with E-state index in [9.17, 15) is 0 Å². The van der Waals surface area contributed by atoms with Crippen LogP contribution in [0.25, 0.3) is 0 Å². The number of oxime groups is 1. The van der Waals surface area contributed by atoms with Gasteiger partial charge in [-0.3, -0.25) is 0 Å². The Bertz CT molecular complexity index is 135. The highest BCUT2D eigenvalue weighted by Gasteiger charge is 2.20. The molecule has 3 N–H and O–H groups in total. The summed E-state index contributed by atoms with van der Waals surface area (Å²) in [5.41, 5.74) is 6.51. The van der Waals surface area contributed by atoms with Gasteiger partial charge in [-0.25, -0.2) is 0 Å². The third kappa shape index (κ3) is 1.46. The Hall–Kier alpha value is -0.610. The number of nitrogens with one attached hydrogen (secondary N) is 1. The predicted molar refractivity (Wildman–Crippen MR) is 39.9 cm³/mol. The van der Waals surface area contributed by atoms with E-state index >= 15 is 0 Å².